The Morgan fingerprint density at radius 3 is 2.55 bits per heavy atom. The van der Waals surface area contributed by atoms with E-state index in [9.17, 15) is 0 Å². The van der Waals surface area contributed by atoms with Crippen LogP contribution in [0.2, 0.25) is 0 Å². The maximum atomic E-state index is 6.35. The van der Waals surface area contributed by atoms with Crippen molar-refractivity contribution in [2.24, 2.45) is 17.6 Å². The first-order chi connectivity index (χ1) is 9.55. The standard InChI is InChI=1S/C17H35N3/c1-5-19-10-11-20(12-15(19)4)17(13-18)9-7-6-8-16(17)14(2)3/h14-16H,5-13,18H2,1-4H3. The minimum atomic E-state index is 0.278. The number of likely N-dealkylation sites (N-methyl/N-ethyl adjacent to an activating group) is 1. The van der Waals surface area contributed by atoms with Crippen LogP contribution < -0.4 is 5.73 Å². The number of rotatable bonds is 4. The van der Waals surface area contributed by atoms with Crippen molar-refractivity contribution in [1.82, 2.24) is 9.80 Å². The summed E-state index contributed by atoms with van der Waals surface area (Å²) in [5, 5.41) is 0. The van der Waals surface area contributed by atoms with Gasteiger partial charge < -0.3 is 5.73 Å². The zero-order valence-electron chi connectivity index (χ0n) is 14.1. The van der Waals surface area contributed by atoms with Crippen molar-refractivity contribution in [1.29, 1.82) is 0 Å². The molecule has 1 heterocycles. The summed E-state index contributed by atoms with van der Waals surface area (Å²) in [7, 11) is 0. The molecule has 0 amide bonds. The first-order valence-electron chi connectivity index (χ1n) is 8.74. The largest absolute Gasteiger partial charge is 0.329 e. The predicted molar refractivity (Wildman–Crippen MR) is 86.9 cm³/mol. The lowest BCUT2D eigenvalue weighted by Gasteiger charge is -2.56. The molecule has 2 rings (SSSR count). The van der Waals surface area contributed by atoms with Crippen LogP contribution in [0.4, 0.5) is 0 Å². The highest BCUT2D eigenvalue weighted by molar-refractivity contribution is 5.03. The van der Waals surface area contributed by atoms with Crippen molar-refractivity contribution in [3.05, 3.63) is 0 Å². The molecule has 0 aromatic carbocycles. The van der Waals surface area contributed by atoms with Gasteiger partial charge in [0.25, 0.3) is 0 Å². The molecule has 2 fully saturated rings. The van der Waals surface area contributed by atoms with Gasteiger partial charge in [-0.3, -0.25) is 9.80 Å². The highest BCUT2D eigenvalue weighted by atomic mass is 15.3. The maximum Gasteiger partial charge on any atom is 0.0363 e. The Morgan fingerprint density at radius 1 is 1.25 bits per heavy atom. The van der Waals surface area contributed by atoms with Gasteiger partial charge in [-0.25, -0.2) is 0 Å². The Morgan fingerprint density at radius 2 is 2.00 bits per heavy atom. The van der Waals surface area contributed by atoms with Crippen LogP contribution in [0.15, 0.2) is 0 Å². The highest BCUT2D eigenvalue weighted by Crippen LogP contribution is 2.42. The second-order valence-corrected chi connectivity index (χ2v) is 7.33. The second kappa shape index (κ2) is 6.76. The summed E-state index contributed by atoms with van der Waals surface area (Å²) < 4.78 is 0. The molecular formula is C17H35N3. The van der Waals surface area contributed by atoms with Gasteiger partial charge in [0.15, 0.2) is 0 Å². The molecule has 1 saturated carbocycles. The maximum absolute atomic E-state index is 6.35. The van der Waals surface area contributed by atoms with Gasteiger partial charge in [0.1, 0.15) is 0 Å². The van der Waals surface area contributed by atoms with Crippen molar-refractivity contribution in [2.45, 2.75) is 65.0 Å². The van der Waals surface area contributed by atoms with E-state index < -0.39 is 0 Å². The van der Waals surface area contributed by atoms with Gasteiger partial charge in [-0.2, -0.15) is 0 Å². The van der Waals surface area contributed by atoms with Crippen molar-refractivity contribution < 1.29 is 0 Å². The van der Waals surface area contributed by atoms with Crippen LogP contribution in [0.5, 0.6) is 0 Å². The first-order valence-corrected chi connectivity index (χ1v) is 8.74. The van der Waals surface area contributed by atoms with Crippen LogP contribution in [0, 0.1) is 11.8 Å². The van der Waals surface area contributed by atoms with Gasteiger partial charge in [0.2, 0.25) is 0 Å². The lowest BCUT2D eigenvalue weighted by molar-refractivity contribution is -0.0534. The average molecular weight is 281 g/mol. The van der Waals surface area contributed by atoms with Crippen molar-refractivity contribution in [3.63, 3.8) is 0 Å². The van der Waals surface area contributed by atoms with Crippen molar-refractivity contribution in [2.75, 3.05) is 32.7 Å². The molecule has 3 atom stereocenters. The Hall–Kier alpha value is -0.120. The quantitative estimate of drug-likeness (QED) is 0.859. The van der Waals surface area contributed by atoms with E-state index in [1.54, 1.807) is 0 Å². The third-order valence-corrected chi connectivity index (χ3v) is 6.02. The zero-order valence-corrected chi connectivity index (χ0v) is 14.1. The number of nitrogens with two attached hydrogens (primary N) is 1. The van der Waals surface area contributed by atoms with E-state index in [0.29, 0.717) is 6.04 Å². The van der Waals surface area contributed by atoms with E-state index in [0.717, 1.165) is 18.4 Å². The van der Waals surface area contributed by atoms with Crippen molar-refractivity contribution >= 4 is 0 Å². The third-order valence-electron chi connectivity index (χ3n) is 6.02. The van der Waals surface area contributed by atoms with Crippen LogP contribution in [-0.4, -0.2) is 54.1 Å². The molecule has 0 aromatic heterocycles. The highest BCUT2D eigenvalue weighted by Gasteiger charge is 2.46. The molecule has 118 valence electrons. The topological polar surface area (TPSA) is 32.5 Å². The summed E-state index contributed by atoms with van der Waals surface area (Å²) in [6, 6.07) is 0.673. The van der Waals surface area contributed by atoms with Gasteiger partial charge in [0, 0.05) is 37.8 Å². The molecule has 0 aromatic rings. The third kappa shape index (κ3) is 2.90. The Balaban J connectivity index is 2.17. The molecule has 1 aliphatic carbocycles. The van der Waals surface area contributed by atoms with Crippen molar-refractivity contribution in [3.8, 4) is 0 Å². The lowest BCUT2D eigenvalue weighted by atomic mass is 9.66. The Kier molecular flexibility index (Phi) is 5.49. The van der Waals surface area contributed by atoms with Gasteiger partial charge in [0.05, 0.1) is 0 Å². The Bertz CT molecular complexity index is 305. The Labute approximate surface area is 125 Å². The normalized spacial score (nSPS) is 37.5. The van der Waals surface area contributed by atoms with Crippen LogP contribution >= 0.6 is 0 Å². The number of hydrogen-bond acceptors (Lipinski definition) is 3. The smallest absolute Gasteiger partial charge is 0.0363 e. The minimum absolute atomic E-state index is 0.278. The molecule has 20 heavy (non-hydrogen) atoms. The average Bonchev–Trinajstić information content (AvgIpc) is 2.46. The second-order valence-electron chi connectivity index (χ2n) is 7.33. The number of hydrogen-bond donors (Lipinski definition) is 1. The lowest BCUT2D eigenvalue weighted by Crippen LogP contribution is -2.66. The predicted octanol–water partition coefficient (Wildman–Crippen LogP) is 2.56. The van der Waals surface area contributed by atoms with Gasteiger partial charge >= 0.3 is 0 Å². The monoisotopic (exact) mass is 281 g/mol. The van der Waals surface area contributed by atoms with Crippen LogP contribution in [0.25, 0.3) is 0 Å². The fraction of sp³-hybridized carbons (Fsp3) is 1.00. The zero-order chi connectivity index (χ0) is 14.8. The van der Waals surface area contributed by atoms with E-state index in [4.69, 9.17) is 5.73 Å². The molecule has 3 unspecified atom stereocenters. The fourth-order valence-electron chi connectivity index (χ4n) is 4.85. The summed E-state index contributed by atoms with van der Waals surface area (Å²) in [5.41, 5.74) is 6.63. The molecule has 0 spiro atoms. The molecule has 2 aliphatic rings. The number of piperazine rings is 1. The van der Waals surface area contributed by atoms with Crippen LogP contribution in [-0.2, 0) is 0 Å². The molecule has 3 heteroatoms. The van der Waals surface area contributed by atoms with E-state index >= 15 is 0 Å². The molecule has 0 radical (unpaired) electrons. The summed E-state index contributed by atoms with van der Waals surface area (Å²) in [6.07, 6.45) is 5.44. The molecule has 3 nitrogen and oxygen atoms in total. The van der Waals surface area contributed by atoms with E-state index in [-0.39, 0.29) is 5.54 Å². The van der Waals surface area contributed by atoms with Gasteiger partial charge in [-0.15, -0.1) is 0 Å². The van der Waals surface area contributed by atoms with E-state index in [2.05, 4.69) is 37.5 Å². The molecule has 2 N–H and O–H groups in total. The minimum Gasteiger partial charge on any atom is -0.329 e. The molecular weight excluding hydrogens is 246 g/mol. The molecule has 1 saturated heterocycles. The number of nitrogens with zero attached hydrogens (tertiary/aromatic N) is 2. The summed E-state index contributed by atoms with van der Waals surface area (Å²) in [5.74, 6) is 1.53. The fourth-order valence-corrected chi connectivity index (χ4v) is 4.85. The van der Waals surface area contributed by atoms with E-state index in [1.807, 2.05) is 0 Å². The summed E-state index contributed by atoms with van der Waals surface area (Å²) in [6.45, 7) is 15.1. The van der Waals surface area contributed by atoms with Gasteiger partial charge in [-0.05, 0) is 38.1 Å². The summed E-state index contributed by atoms with van der Waals surface area (Å²) in [4.78, 5) is 5.38. The van der Waals surface area contributed by atoms with Crippen LogP contribution in [0.1, 0.15) is 53.4 Å². The molecule has 0 bridgehead atoms. The van der Waals surface area contributed by atoms with E-state index in [1.165, 1.54) is 51.9 Å². The SMILES string of the molecule is CCN1CCN(C2(CN)CCCCC2C(C)C)CC1C. The summed E-state index contributed by atoms with van der Waals surface area (Å²) >= 11 is 0. The first kappa shape index (κ1) is 16.3. The molecule has 1 aliphatic heterocycles. The van der Waals surface area contributed by atoms with Gasteiger partial charge in [-0.1, -0.05) is 33.6 Å². The van der Waals surface area contributed by atoms with Crippen LogP contribution in [0.3, 0.4) is 0 Å².